The average molecular weight is 504 g/mol. The summed E-state index contributed by atoms with van der Waals surface area (Å²) in [5, 5.41) is 3.41. The van der Waals surface area contributed by atoms with Crippen LogP contribution in [0, 0.1) is 5.92 Å². The number of benzene rings is 1. The van der Waals surface area contributed by atoms with Crippen LogP contribution in [0.25, 0.3) is 0 Å². The lowest BCUT2D eigenvalue weighted by Gasteiger charge is -2.22. The second-order valence-corrected chi connectivity index (χ2v) is 7.49. The fourth-order valence-corrected chi connectivity index (χ4v) is 2.68. The molecule has 2 rings (SSSR count). The SMILES string of the molecule is CN=C(NCc1ccc(OCCCN(C)C)cc1)N(C)CCOCC1CC1.I. The Morgan fingerprint density at radius 2 is 1.82 bits per heavy atom. The van der Waals surface area contributed by atoms with Gasteiger partial charge in [-0.2, -0.15) is 0 Å². The predicted octanol–water partition coefficient (Wildman–Crippen LogP) is 3.07. The highest BCUT2D eigenvalue weighted by Crippen LogP contribution is 2.28. The fraction of sp³-hybridized carbons (Fsp3) is 0.667. The highest BCUT2D eigenvalue weighted by atomic mass is 127. The van der Waals surface area contributed by atoms with Crippen molar-refractivity contribution in [3.8, 4) is 5.75 Å². The molecule has 0 atom stereocenters. The van der Waals surface area contributed by atoms with Gasteiger partial charge in [0.05, 0.1) is 13.2 Å². The van der Waals surface area contributed by atoms with Crippen LogP contribution in [0.1, 0.15) is 24.8 Å². The molecular formula is C21H37IN4O2. The van der Waals surface area contributed by atoms with Crippen LogP contribution in [-0.2, 0) is 11.3 Å². The van der Waals surface area contributed by atoms with Crippen LogP contribution in [-0.4, -0.2) is 76.9 Å². The first-order valence-corrected chi connectivity index (χ1v) is 9.94. The summed E-state index contributed by atoms with van der Waals surface area (Å²) >= 11 is 0. The zero-order valence-corrected chi connectivity index (χ0v) is 20.1. The van der Waals surface area contributed by atoms with Crippen LogP contribution in [0.4, 0.5) is 0 Å². The maximum atomic E-state index is 5.78. The van der Waals surface area contributed by atoms with Gasteiger partial charge in [0.1, 0.15) is 5.75 Å². The molecular weight excluding hydrogens is 467 g/mol. The number of likely N-dealkylation sites (N-methyl/N-ethyl adjacent to an activating group) is 1. The quantitative estimate of drug-likeness (QED) is 0.205. The summed E-state index contributed by atoms with van der Waals surface area (Å²) in [5.41, 5.74) is 1.20. The minimum Gasteiger partial charge on any atom is -0.494 e. The summed E-state index contributed by atoms with van der Waals surface area (Å²) in [5.74, 6) is 2.62. The molecule has 1 aromatic carbocycles. The minimum atomic E-state index is 0. The van der Waals surface area contributed by atoms with E-state index < -0.39 is 0 Å². The Balaban J connectivity index is 0.00000392. The van der Waals surface area contributed by atoms with E-state index in [0.717, 1.165) is 63.5 Å². The van der Waals surface area contributed by atoms with Crippen molar-refractivity contribution in [1.29, 1.82) is 0 Å². The van der Waals surface area contributed by atoms with E-state index in [4.69, 9.17) is 9.47 Å². The predicted molar refractivity (Wildman–Crippen MR) is 127 cm³/mol. The maximum Gasteiger partial charge on any atom is 0.193 e. The Bertz CT molecular complexity index is 562. The topological polar surface area (TPSA) is 49.3 Å². The number of halogens is 1. The van der Waals surface area contributed by atoms with Crippen molar-refractivity contribution in [1.82, 2.24) is 15.1 Å². The van der Waals surface area contributed by atoms with Gasteiger partial charge in [-0.1, -0.05) is 12.1 Å². The maximum absolute atomic E-state index is 5.78. The van der Waals surface area contributed by atoms with Gasteiger partial charge in [-0.05, 0) is 57.0 Å². The van der Waals surface area contributed by atoms with Crippen molar-refractivity contribution in [2.75, 3.05) is 61.1 Å². The van der Waals surface area contributed by atoms with Crippen molar-refractivity contribution in [3.63, 3.8) is 0 Å². The molecule has 1 saturated carbocycles. The lowest BCUT2D eigenvalue weighted by atomic mass is 10.2. The van der Waals surface area contributed by atoms with Gasteiger partial charge in [0.15, 0.2) is 5.96 Å². The zero-order valence-electron chi connectivity index (χ0n) is 17.8. The van der Waals surface area contributed by atoms with Crippen molar-refractivity contribution < 1.29 is 9.47 Å². The van der Waals surface area contributed by atoms with Crippen molar-refractivity contribution in [2.24, 2.45) is 10.9 Å². The van der Waals surface area contributed by atoms with E-state index in [-0.39, 0.29) is 24.0 Å². The molecule has 0 bridgehead atoms. The Morgan fingerprint density at radius 3 is 2.43 bits per heavy atom. The molecule has 160 valence electrons. The molecule has 7 heteroatoms. The van der Waals surface area contributed by atoms with Crippen LogP contribution < -0.4 is 10.1 Å². The summed E-state index contributed by atoms with van der Waals surface area (Å²) in [6.07, 6.45) is 3.70. The molecule has 6 nitrogen and oxygen atoms in total. The van der Waals surface area contributed by atoms with Gasteiger partial charge in [0.25, 0.3) is 0 Å². The first-order chi connectivity index (χ1) is 13.1. The van der Waals surface area contributed by atoms with E-state index in [1.807, 2.05) is 26.2 Å². The van der Waals surface area contributed by atoms with E-state index in [9.17, 15) is 0 Å². The number of nitrogens with zero attached hydrogens (tertiary/aromatic N) is 3. The van der Waals surface area contributed by atoms with Gasteiger partial charge in [-0.3, -0.25) is 4.99 Å². The van der Waals surface area contributed by atoms with E-state index >= 15 is 0 Å². The van der Waals surface area contributed by atoms with Crippen LogP contribution in [0.15, 0.2) is 29.3 Å². The Kier molecular flexibility index (Phi) is 12.5. The average Bonchev–Trinajstić information content (AvgIpc) is 3.48. The molecule has 0 aliphatic heterocycles. The summed E-state index contributed by atoms with van der Waals surface area (Å²) in [6.45, 7) is 5.01. The zero-order chi connectivity index (χ0) is 19.5. The molecule has 0 amide bonds. The molecule has 1 fully saturated rings. The second-order valence-electron chi connectivity index (χ2n) is 7.49. The van der Waals surface area contributed by atoms with Gasteiger partial charge in [0, 0.05) is 40.3 Å². The molecule has 0 heterocycles. The number of hydrogen-bond donors (Lipinski definition) is 1. The third-order valence-electron chi connectivity index (χ3n) is 4.59. The summed E-state index contributed by atoms with van der Waals surface area (Å²) in [4.78, 5) is 8.63. The molecule has 1 N–H and O–H groups in total. The highest BCUT2D eigenvalue weighted by Gasteiger charge is 2.21. The van der Waals surface area contributed by atoms with E-state index in [2.05, 4.69) is 46.3 Å². The van der Waals surface area contributed by atoms with Crippen LogP contribution in [0.2, 0.25) is 0 Å². The molecule has 0 aromatic heterocycles. The lowest BCUT2D eigenvalue weighted by molar-refractivity contribution is 0.115. The molecule has 0 saturated heterocycles. The van der Waals surface area contributed by atoms with Crippen LogP contribution in [0.3, 0.4) is 0 Å². The smallest absolute Gasteiger partial charge is 0.193 e. The monoisotopic (exact) mass is 504 g/mol. The summed E-state index contributed by atoms with van der Waals surface area (Å²) in [6, 6.07) is 8.26. The first kappa shape index (κ1) is 25.0. The van der Waals surface area contributed by atoms with Gasteiger partial charge in [-0.25, -0.2) is 0 Å². The van der Waals surface area contributed by atoms with Crippen molar-refractivity contribution in [3.05, 3.63) is 29.8 Å². The van der Waals surface area contributed by atoms with Gasteiger partial charge < -0.3 is 24.6 Å². The number of ether oxygens (including phenoxy) is 2. The number of rotatable bonds is 12. The molecule has 0 unspecified atom stereocenters. The summed E-state index contributed by atoms with van der Waals surface area (Å²) in [7, 11) is 8.01. The van der Waals surface area contributed by atoms with Gasteiger partial charge in [0.2, 0.25) is 0 Å². The van der Waals surface area contributed by atoms with Gasteiger partial charge in [-0.15, -0.1) is 24.0 Å². The number of aliphatic imine (C=N–C) groups is 1. The normalized spacial score (nSPS) is 14.0. The molecule has 28 heavy (non-hydrogen) atoms. The Morgan fingerprint density at radius 1 is 1.11 bits per heavy atom. The second kappa shape index (κ2) is 14.0. The third-order valence-corrected chi connectivity index (χ3v) is 4.59. The summed E-state index contributed by atoms with van der Waals surface area (Å²) < 4.78 is 11.5. The minimum absolute atomic E-state index is 0. The van der Waals surface area contributed by atoms with Crippen molar-refractivity contribution >= 4 is 29.9 Å². The first-order valence-electron chi connectivity index (χ1n) is 9.94. The molecule has 0 spiro atoms. The van der Waals surface area contributed by atoms with Crippen molar-refractivity contribution in [2.45, 2.75) is 25.8 Å². The number of guanidine groups is 1. The van der Waals surface area contributed by atoms with Crippen LogP contribution >= 0.6 is 24.0 Å². The van der Waals surface area contributed by atoms with Crippen LogP contribution in [0.5, 0.6) is 5.75 Å². The lowest BCUT2D eigenvalue weighted by Crippen LogP contribution is -2.40. The highest BCUT2D eigenvalue weighted by molar-refractivity contribution is 14.0. The third kappa shape index (κ3) is 10.5. The van der Waals surface area contributed by atoms with Gasteiger partial charge >= 0.3 is 0 Å². The van der Waals surface area contributed by atoms with E-state index in [1.165, 1.54) is 18.4 Å². The Labute approximate surface area is 187 Å². The molecule has 1 aromatic rings. The number of hydrogen-bond acceptors (Lipinski definition) is 4. The van der Waals surface area contributed by atoms with E-state index in [0.29, 0.717) is 0 Å². The fourth-order valence-electron chi connectivity index (χ4n) is 2.68. The molecule has 1 aliphatic rings. The standard InChI is InChI=1S/C21H36N4O2.HI/c1-22-21(25(4)13-15-26-17-19-6-7-19)23-16-18-8-10-20(11-9-18)27-14-5-12-24(2)3;/h8-11,19H,5-7,12-17H2,1-4H3,(H,22,23);1H. The Hall–Kier alpha value is -1.06. The number of nitrogens with one attached hydrogen (secondary N) is 1. The largest absolute Gasteiger partial charge is 0.494 e. The van der Waals surface area contributed by atoms with E-state index in [1.54, 1.807) is 0 Å². The molecule has 1 aliphatic carbocycles. The molecule has 0 radical (unpaired) electrons.